The van der Waals surface area contributed by atoms with Crippen LogP contribution in [-0.4, -0.2) is 25.7 Å². The summed E-state index contributed by atoms with van der Waals surface area (Å²) in [6, 6.07) is 5.41. The molecule has 0 aromatic heterocycles. The van der Waals surface area contributed by atoms with Crippen molar-refractivity contribution in [1.82, 2.24) is 5.32 Å². The summed E-state index contributed by atoms with van der Waals surface area (Å²) in [5.74, 6) is -0.571. The number of carbonyl (C=O) groups excluding carboxylic acids is 1. The molecule has 1 fully saturated rings. The first kappa shape index (κ1) is 14.6. The van der Waals surface area contributed by atoms with Gasteiger partial charge in [0.1, 0.15) is 0 Å². The van der Waals surface area contributed by atoms with Crippen molar-refractivity contribution >= 4 is 29.2 Å². The van der Waals surface area contributed by atoms with E-state index in [1.54, 1.807) is 12.1 Å². The van der Waals surface area contributed by atoms with E-state index < -0.39 is 0 Å². The Kier molecular flexibility index (Phi) is 5.08. The zero-order valence-corrected chi connectivity index (χ0v) is 12.3. The third kappa shape index (κ3) is 3.41. The van der Waals surface area contributed by atoms with Gasteiger partial charge in [-0.1, -0.05) is 35.7 Å². The summed E-state index contributed by atoms with van der Waals surface area (Å²) < 4.78 is 4.94. The Balaban J connectivity index is 2.30. The fourth-order valence-corrected chi connectivity index (χ4v) is 2.84. The predicted octanol–water partition coefficient (Wildman–Crippen LogP) is 3.39. The number of nitrogens with one attached hydrogen (secondary N) is 1. The molecule has 0 amide bonds. The van der Waals surface area contributed by atoms with E-state index in [1.807, 2.05) is 6.07 Å². The predicted molar refractivity (Wildman–Crippen MR) is 76.9 cm³/mol. The Labute approximate surface area is 123 Å². The van der Waals surface area contributed by atoms with Crippen molar-refractivity contribution in [2.24, 2.45) is 0 Å². The van der Waals surface area contributed by atoms with E-state index in [4.69, 9.17) is 27.9 Å². The maximum Gasteiger partial charge on any atom is 0.314 e. The van der Waals surface area contributed by atoms with Crippen molar-refractivity contribution < 1.29 is 9.53 Å². The van der Waals surface area contributed by atoms with Crippen molar-refractivity contribution in [2.45, 2.75) is 31.2 Å². The zero-order chi connectivity index (χ0) is 13.8. The number of hydrogen-bond acceptors (Lipinski definition) is 3. The Morgan fingerprint density at radius 1 is 1.37 bits per heavy atom. The smallest absolute Gasteiger partial charge is 0.314 e. The van der Waals surface area contributed by atoms with E-state index in [-0.39, 0.29) is 17.9 Å². The molecule has 1 aliphatic rings. The zero-order valence-electron chi connectivity index (χ0n) is 10.8. The second-order valence-electron chi connectivity index (χ2n) is 4.73. The first-order valence-electron chi connectivity index (χ1n) is 6.39. The molecular formula is C14H17Cl2NO2. The highest BCUT2D eigenvalue weighted by atomic mass is 35.5. The third-order valence-corrected chi connectivity index (χ3v) is 4.25. The number of hydrogen-bond donors (Lipinski definition) is 1. The molecular weight excluding hydrogens is 285 g/mol. The fourth-order valence-electron chi connectivity index (χ4n) is 2.53. The lowest BCUT2D eigenvalue weighted by Crippen LogP contribution is -2.42. The van der Waals surface area contributed by atoms with Gasteiger partial charge in [-0.2, -0.15) is 0 Å². The average molecular weight is 302 g/mol. The quantitative estimate of drug-likeness (QED) is 0.870. The van der Waals surface area contributed by atoms with Crippen LogP contribution in [0.2, 0.25) is 10.0 Å². The highest BCUT2D eigenvalue weighted by Gasteiger charge is 2.31. The van der Waals surface area contributed by atoms with Crippen molar-refractivity contribution in [1.29, 1.82) is 0 Å². The average Bonchev–Trinajstić information content (AvgIpc) is 2.44. The summed E-state index contributed by atoms with van der Waals surface area (Å²) in [5.41, 5.74) is 0.848. The van der Waals surface area contributed by atoms with Crippen molar-refractivity contribution in [3.63, 3.8) is 0 Å². The van der Waals surface area contributed by atoms with Crippen LogP contribution in [0.1, 0.15) is 30.7 Å². The van der Waals surface area contributed by atoms with Gasteiger partial charge in [0.15, 0.2) is 0 Å². The van der Waals surface area contributed by atoms with Crippen LogP contribution in [0.3, 0.4) is 0 Å². The van der Waals surface area contributed by atoms with Crippen molar-refractivity contribution in [3.8, 4) is 0 Å². The molecule has 1 N–H and O–H groups in total. The maximum absolute atomic E-state index is 12.1. The summed E-state index contributed by atoms with van der Waals surface area (Å²) in [6.07, 6.45) is 3.22. The molecule has 2 atom stereocenters. The highest BCUT2D eigenvalue weighted by molar-refractivity contribution is 6.42. The SMILES string of the molecule is COC(=O)C(c1ccc(Cl)c(Cl)c1)C1CCCCN1. The maximum atomic E-state index is 12.1. The number of benzene rings is 1. The number of methoxy groups -OCH3 is 1. The summed E-state index contributed by atoms with van der Waals surface area (Å²) >= 11 is 12.0. The van der Waals surface area contributed by atoms with Crippen LogP contribution in [0.4, 0.5) is 0 Å². The monoisotopic (exact) mass is 301 g/mol. The van der Waals surface area contributed by atoms with Crippen LogP contribution in [0.25, 0.3) is 0 Å². The van der Waals surface area contributed by atoms with Gasteiger partial charge in [-0.15, -0.1) is 0 Å². The van der Waals surface area contributed by atoms with Gasteiger partial charge in [0.05, 0.1) is 23.1 Å². The summed E-state index contributed by atoms with van der Waals surface area (Å²) in [5, 5.41) is 4.34. The molecule has 0 bridgehead atoms. The second kappa shape index (κ2) is 6.60. The van der Waals surface area contributed by atoms with Crippen LogP contribution in [0.15, 0.2) is 18.2 Å². The number of esters is 1. The molecule has 2 rings (SSSR count). The van der Waals surface area contributed by atoms with E-state index in [0.717, 1.165) is 31.4 Å². The van der Waals surface area contributed by atoms with Crippen LogP contribution in [0, 0.1) is 0 Å². The molecule has 0 saturated carbocycles. The first-order chi connectivity index (χ1) is 9.13. The van der Waals surface area contributed by atoms with Gasteiger partial charge < -0.3 is 10.1 Å². The number of halogens is 2. The van der Waals surface area contributed by atoms with E-state index in [1.165, 1.54) is 7.11 Å². The fraction of sp³-hybridized carbons (Fsp3) is 0.500. The molecule has 3 nitrogen and oxygen atoms in total. The van der Waals surface area contributed by atoms with Gasteiger partial charge in [0.2, 0.25) is 0 Å². The highest BCUT2D eigenvalue weighted by Crippen LogP contribution is 2.31. The Hall–Kier alpha value is -0.770. The molecule has 2 unspecified atom stereocenters. The van der Waals surface area contributed by atoms with Crippen LogP contribution < -0.4 is 5.32 Å². The van der Waals surface area contributed by atoms with Gasteiger partial charge in [-0.3, -0.25) is 4.79 Å². The van der Waals surface area contributed by atoms with E-state index in [9.17, 15) is 4.79 Å². The molecule has 0 aliphatic carbocycles. The van der Waals surface area contributed by atoms with E-state index in [2.05, 4.69) is 5.32 Å². The Morgan fingerprint density at radius 2 is 2.16 bits per heavy atom. The lowest BCUT2D eigenvalue weighted by Gasteiger charge is -2.30. The largest absolute Gasteiger partial charge is 0.469 e. The van der Waals surface area contributed by atoms with Crippen LogP contribution in [-0.2, 0) is 9.53 Å². The molecule has 104 valence electrons. The minimum absolute atomic E-state index is 0.0958. The molecule has 1 aromatic rings. The number of rotatable bonds is 3. The summed E-state index contributed by atoms with van der Waals surface area (Å²) in [7, 11) is 1.41. The van der Waals surface area contributed by atoms with Crippen molar-refractivity contribution in [2.75, 3.05) is 13.7 Å². The van der Waals surface area contributed by atoms with Gasteiger partial charge in [0, 0.05) is 6.04 Å². The topological polar surface area (TPSA) is 38.3 Å². The van der Waals surface area contributed by atoms with Crippen LogP contribution >= 0.6 is 23.2 Å². The number of carbonyl (C=O) groups is 1. The number of ether oxygens (including phenoxy) is 1. The second-order valence-corrected chi connectivity index (χ2v) is 5.55. The molecule has 1 saturated heterocycles. The third-order valence-electron chi connectivity index (χ3n) is 3.51. The standard InChI is InChI=1S/C14H17Cl2NO2/c1-19-14(18)13(12-4-2-3-7-17-12)9-5-6-10(15)11(16)8-9/h5-6,8,12-13,17H,2-4,7H2,1H3. The Morgan fingerprint density at radius 3 is 2.74 bits per heavy atom. The summed E-state index contributed by atoms with van der Waals surface area (Å²) in [6.45, 7) is 0.930. The normalized spacial score (nSPS) is 20.9. The van der Waals surface area contributed by atoms with Gasteiger partial charge in [-0.25, -0.2) is 0 Å². The van der Waals surface area contributed by atoms with Gasteiger partial charge >= 0.3 is 5.97 Å². The van der Waals surface area contributed by atoms with E-state index >= 15 is 0 Å². The molecule has 19 heavy (non-hydrogen) atoms. The first-order valence-corrected chi connectivity index (χ1v) is 7.15. The minimum Gasteiger partial charge on any atom is -0.469 e. The minimum atomic E-state index is -0.333. The molecule has 1 aliphatic heterocycles. The van der Waals surface area contributed by atoms with E-state index in [0.29, 0.717) is 10.0 Å². The van der Waals surface area contributed by atoms with Crippen molar-refractivity contribution in [3.05, 3.63) is 33.8 Å². The number of piperidine rings is 1. The van der Waals surface area contributed by atoms with Crippen LogP contribution in [0.5, 0.6) is 0 Å². The lowest BCUT2D eigenvalue weighted by molar-refractivity contribution is -0.143. The van der Waals surface area contributed by atoms with Gasteiger partial charge in [-0.05, 0) is 37.1 Å². The summed E-state index contributed by atoms with van der Waals surface area (Å²) in [4.78, 5) is 12.1. The molecule has 1 heterocycles. The molecule has 0 spiro atoms. The molecule has 5 heteroatoms. The van der Waals surface area contributed by atoms with Gasteiger partial charge in [0.25, 0.3) is 0 Å². The molecule has 1 aromatic carbocycles. The lowest BCUT2D eigenvalue weighted by atomic mass is 9.86. The molecule has 0 radical (unpaired) electrons. The Bertz CT molecular complexity index is 459.